The Bertz CT molecular complexity index is 1040. The SMILES string of the molecule is Cc1ccc(C(=O)C(CC(=O)O)NC(=O)CCCCC(=O)c2cccc(N=C(N)N)c2)cc1. The highest BCUT2D eigenvalue weighted by Gasteiger charge is 2.24. The fourth-order valence-electron chi connectivity index (χ4n) is 3.18. The lowest BCUT2D eigenvalue weighted by Gasteiger charge is -2.16. The van der Waals surface area contributed by atoms with Crippen LogP contribution in [0.1, 0.15) is 58.4 Å². The van der Waals surface area contributed by atoms with Crippen LogP contribution in [0.25, 0.3) is 0 Å². The van der Waals surface area contributed by atoms with Gasteiger partial charge in [0.25, 0.3) is 0 Å². The second-order valence-electron chi connectivity index (χ2n) is 7.67. The lowest BCUT2D eigenvalue weighted by Crippen LogP contribution is -2.42. The van der Waals surface area contributed by atoms with E-state index in [1.807, 2.05) is 6.92 Å². The van der Waals surface area contributed by atoms with Gasteiger partial charge in [0, 0.05) is 24.0 Å². The second-order valence-corrected chi connectivity index (χ2v) is 7.67. The Labute approximate surface area is 191 Å². The zero-order valence-corrected chi connectivity index (χ0v) is 18.4. The molecule has 33 heavy (non-hydrogen) atoms. The van der Waals surface area contributed by atoms with Gasteiger partial charge in [0.1, 0.15) is 6.04 Å². The number of nitrogens with zero attached hydrogens (tertiary/aromatic N) is 1. The third kappa shape index (κ3) is 8.56. The predicted molar refractivity (Wildman–Crippen MR) is 124 cm³/mol. The number of amides is 1. The average molecular weight is 453 g/mol. The molecule has 0 saturated carbocycles. The number of rotatable bonds is 12. The number of aliphatic carboxylic acids is 1. The number of carboxylic acids is 1. The molecule has 2 aromatic carbocycles. The summed E-state index contributed by atoms with van der Waals surface area (Å²) in [6, 6.07) is 12.1. The summed E-state index contributed by atoms with van der Waals surface area (Å²) in [5.41, 5.74) is 12.9. The first-order valence-electron chi connectivity index (χ1n) is 10.5. The van der Waals surface area contributed by atoms with Crippen molar-refractivity contribution in [2.24, 2.45) is 16.5 Å². The number of unbranched alkanes of at least 4 members (excludes halogenated alkanes) is 1. The van der Waals surface area contributed by atoms with Crippen LogP contribution in [0.5, 0.6) is 0 Å². The van der Waals surface area contributed by atoms with Crippen molar-refractivity contribution < 1.29 is 24.3 Å². The number of hydrogen-bond donors (Lipinski definition) is 4. The van der Waals surface area contributed by atoms with Crippen molar-refractivity contribution in [3.8, 4) is 0 Å². The van der Waals surface area contributed by atoms with Crippen LogP contribution >= 0.6 is 0 Å². The zero-order chi connectivity index (χ0) is 24.4. The van der Waals surface area contributed by atoms with E-state index in [9.17, 15) is 19.2 Å². The fraction of sp³-hybridized carbons (Fsp3) is 0.292. The summed E-state index contributed by atoms with van der Waals surface area (Å²) in [6.07, 6.45) is 0.638. The molecule has 6 N–H and O–H groups in total. The Morgan fingerprint density at radius 2 is 1.64 bits per heavy atom. The molecule has 2 aromatic rings. The summed E-state index contributed by atoms with van der Waals surface area (Å²) in [7, 11) is 0. The van der Waals surface area contributed by atoms with Gasteiger partial charge in [0.2, 0.25) is 5.91 Å². The van der Waals surface area contributed by atoms with Gasteiger partial charge < -0.3 is 21.9 Å². The molecule has 0 saturated heterocycles. The predicted octanol–water partition coefficient (Wildman–Crippen LogP) is 2.49. The fourth-order valence-corrected chi connectivity index (χ4v) is 3.18. The average Bonchev–Trinajstić information content (AvgIpc) is 2.75. The molecule has 0 bridgehead atoms. The molecule has 1 unspecified atom stereocenters. The van der Waals surface area contributed by atoms with Crippen LogP contribution in [0.4, 0.5) is 5.69 Å². The molecule has 174 valence electrons. The van der Waals surface area contributed by atoms with Gasteiger partial charge in [-0.2, -0.15) is 0 Å². The van der Waals surface area contributed by atoms with E-state index in [1.54, 1.807) is 48.5 Å². The number of aliphatic imine (C=N–C) groups is 1. The molecule has 0 heterocycles. The van der Waals surface area contributed by atoms with Gasteiger partial charge in [-0.05, 0) is 31.9 Å². The van der Waals surface area contributed by atoms with Crippen LogP contribution in [0, 0.1) is 6.92 Å². The maximum absolute atomic E-state index is 12.7. The summed E-state index contributed by atoms with van der Waals surface area (Å²) in [5, 5.41) is 11.6. The minimum absolute atomic E-state index is 0.0681. The summed E-state index contributed by atoms with van der Waals surface area (Å²) < 4.78 is 0. The number of guanidine groups is 1. The minimum atomic E-state index is -1.19. The highest BCUT2D eigenvalue weighted by Crippen LogP contribution is 2.16. The molecule has 1 amide bonds. The Balaban J connectivity index is 1.86. The van der Waals surface area contributed by atoms with Gasteiger partial charge >= 0.3 is 5.97 Å². The van der Waals surface area contributed by atoms with Crippen LogP contribution in [-0.2, 0) is 9.59 Å². The lowest BCUT2D eigenvalue weighted by atomic mass is 10.00. The normalized spacial score (nSPS) is 11.3. The first-order chi connectivity index (χ1) is 15.7. The first kappa shape index (κ1) is 25.3. The molecule has 0 fully saturated rings. The molecule has 0 aliphatic carbocycles. The Kier molecular flexibility index (Phi) is 9.29. The van der Waals surface area contributed by atoms with Crippen molar-refractivity contribution in [1.82, 2.24) is 5.32 Å². The number of ketones is 2. The second kappa shape index (κ2) is 12.1. The Morgan fingerprint density at radius 3 is 2.27 bits per heavy atom. The van der Waals surface area contributed by atoms with E-state index >= 15 is 0 Å². The third-order valence-corrected chi connectivity index (χ3v) is 4.85. The summed E-state index contributed by atoms with van der Waals surface area (Å²) in [4.78, 5) is 52.4. The number of hydrogen-bond acceptors (Lipinski definition) is 5. The van der Waals surface area contributed by atoms with Gasteiger partial charge in [-0.25, -0.2) is 4.99 Å². The van der Waals surface area contributed by atoms with E-state index in [0.29, 0.717) is 29.7 Å². The smallest absolute Gasteiger partial charge is 0.305 e. The van der Waals surface area contributed by atoms with E-state index in [0.717, 1.165) is 5.56 Å². The lowest BCUT2D eigenvalue weighted by molar-refractivity contribution is -0.137. The van der Waals surface area contributed by atoms with E-state index < -0.39 is 30.1 Å². The number of nitrogens with one attached hydrogen (secondary N) is 1. The molecule has 9 nitrogen and oxygen atoms in total. The van der Waals surface area contributed by atoms with E-state index in [1.165, 1.54) is 0 Å². The monoisotopic (exact) mass is 452 g/mol. The molecule has 0 spiro atoms. The largest absolute Gasteiger partial charge is 0.481 e. The van der Waals surface area contributed by atoms with Crippen molar-refractivity contribution in [1.29, 1.82) is 0 Å². The number of aryl methyl sites for hydroxylation is 1. The van der Waals surface area contributed by atoms with Crippen LogP contribution in [0.3, 0.4) is 0 Å². The number of benzene rings is 2. The minimum Gasteiger partial charge on any atom is -0.481 e. The van der Waals surface area contributed by atoms with Crippen molar-refractivity contribution in [2.75, 3.05) is 0 Å². The van der Waals surface area contributed by atoms with Crippen LogP contribution in [0.15, 0.2) is 53.5 Å². The molecule has 0 radical (unpaired) electrons. The number of carbonyl (C=O) groups excluding carboxylic acids is 3. The van der Waals surface area contributed by atoms with Gasteiger partial charge in [0.15, 0.2) is 17.5 Å². The van der Waals surface area contributed by atoms with Crippen LogP contribution < -0.4 is 16.8 Å². The highest BCUT2D eigenvalue weighted by molar-refractivity contribution is 6.03. The summed E-state index contributed by atoms with van der Waals surface area (Å²) >= 11 is 0. The highest BCUT2D eigenvalue weighted by atomic mass is 16.4. The molecule has 0 aliphatic heterocycles. The quantitative estimate of drug-likeness (QED) is 0.166. The molecular formula is C24H28N4O5. The van der Waals surface area contributed by atoms with Gasteiger partial charge in [0.05, 0.1) is 12.1 Å². The maximum atomic E-state index is 12.7. The number of Topliss-reactive ketones (excluding diaryl/α,β-unsaturated/α-hetero) is 2. The molecule has 9 heteroatoms. The molecule has 2 rings (SSSR count). The van der Waals surface area contributed by atoms with Crippen LogP contribution in [-0.4, -0.2) is 40.6 Å². The van der Waals surface area contributed by atoms with E-state index in [4.69, 9.17) is 16.6 Å². The molecule has 1 atom stereocenters. The van der Waals surface area contributed by atoms with Gasteiger partial charge in [-0.15, -0.1) is 0 Å². The molecule has 0 aromatic heterocycles. The van der Waals surface area contributed by atoms with Crippen LogP contribution in [0.2, 0.25) is 0 Å². The van der Waals surface area contributed by atoms with Crippen molar-refractivity contribution in [3.05, 3.63) is 65.2 Å². The Hall–Kier alpha value is -4.01. The van der Waals surface area contributed by atoms with E-state index in [-0.39, 0.29) is 24.6 Å². The van der Waals surface area contributed by atoms with Gasteiger partial charge in [-0.1, -0.05) is 42.0 Å². The third-order valence-electron chi connectivity index (χ3n) is 4.85. The van der Waals surface area contributed by atoms with E-state index in [2.05, 4.69) is 10.3 Å². The molecule has 0 aliphatic rings. The number of carboxylic acid groups (broad SMARTS) is 1. The standard InChI is InChI=1S/C24H28N4O5/c1-15-9-11-16(12-10-15)23(33)19(14-22(31)32)28-21(30)8-3-2-7-20(29)17-5-4-6-18(13-17)27-24(25)26/h4-6,9-13,19H,2-3,7-8,14H2,1H3,(H,28,30)(H,31,32)(H4,25,26,27). The van der Waals surface area contributed by atoms with Gasteiger partial charge in [-0.3, -0.25) is 19.2 Å². The number of nitrogens with two attached hydrogens (primary N) is 2. The van der Waals surface area contributed by atoms with Crippen molar-refractivity contribution >= 4 is 35.1 Å². The molecular weight excluding hydrogens is 424 g/mol. The first-order valence-corrected chi connectivity index (χ1v) is 10.5. The topological polar surface area (TPSA) is 165 Å². The summed E-state index contributed by atoms with van der Waals surface area (Å²) in [5.74, 6) is -2.30. The zero-order valence-electron chi connectivity index (χ0n) is 18.4. The number of carbonyl (C=O) groups is 4. The maximum Gasteiger partial charge on any atom is 0.305 e. The van der Waals surface area contributed by atoms with Crippen molar-refractivity contribution in [3.63, 3.8) is 0 Å². The Morgan fingerprint density at radius 1 is 0.970 bits per heavy atom. The summed E-state index contributed by atoms with van der Waals surface area (Å²) in [6.45, 7) is 1.87. The van der Waals surface area contributed by atoms with Crippen molar-refractivity contribution in [2.45, 2.75) is 45.1 Å².